The monoisotopic (exact) mass is 344 g/mol. The van der Waals surface area contributed by atoms with E-state index in [9.17, 15) is 0 Å². The maximum atomic E-state index is 5.46. The van der Waals surface area contributed by atoms with Gasteiger partial charge in [-0.05, 0) is 25.2 Å². The molecule has 0 aliphatic carbocycles. The van der Waals surface area contributed by atoms with Crippen molar-refractivity contribution in [3.8, 4) is 11.5 Å². The molecule has 5 heteroatoms. The minimum atomic E-state index is 0.752. The first-order valence-electron chi connectivity index (χ1n) is 7.00. The van der Waals surface area contributed by atoms with Gasteiger partial charge in [-0.3, -0.25) is 0 Å². The van der Waals surface area contributed by atoms with E-state index in [0.717, 1.165) is 54.3 Å². The third kappa shape index (κ3) is 4.65. The van der Waals surface area contributed by atoms with Crippen molar-refractivity contribution in [1.29, 1.82) is 0 Å². The highest BCUT2D eigenvalue weighted by atomic mass is 79.9. The number of nitrogens with one attached hydrogen (secondary N) is 1. The number of nitrogens with zero attached hydrogens (tertiary/aromatic N) is 1. The van der Waals surface area contributed by atoms with Crippen LogP contribution in [0, 0.1) is 0 Å². The minimum absolute atomic E-state index is 0.752. The van der Waals surface area contributed by atoms with Gasteiger partial charge < -0.3 is 19.7 Å². The topological polar surface area (TPSA) is 33.7 Å². The lowest BCUT2D eigenvalue weighted by molar-refractivity contribution is 0.301. The van der Waals surface area contributed by atoms with E-state index in [0.29, 0.717) is 0 Å². The van der Waals surface area contributed by atoms with Gasteiger partial charge >= 0.3 is 0 Å². The molecule has 0 aliphatic rings. The van der Waals surface area contributed by atoms with Crippen molar-refractivity contribution in [3.05, 3.63) is 22.2 Å². The highest BCUT2D eigenvalue weighted by molar-refractivity contribution is 9.10. The zero-order chi connectivity index (χ0) is 15.0. The van der Waals surface area contributed by atoms with Gasteiger partial charge in [0.2, 0.25) is 0 Å². The lowest BCUT2D eigenvalue weighted by Crippen LogP contribution is -2.31. The van der Waals surface area contributed by atoms with Crippen LogP contribution < -0.4 is 14.8 Å². The van der Waals surface area contributed by atoms with Crippen molar-refractivity contribution in [2.75, 3.05) is 40.4 Å². The van der Waals surface area contributed by atoms with E-state index in [4.69, 9.17) is 9.47 Å². The third-order valence-electron chi connectivity index (χ3n) is 3.39. The third-order valence-corrected chi connectivity index (χ3v) is 4.14. The van der Waals surface area contributed by atoms with E-state index in [-0.39, 0.29) is 0 Å². The smallest absolute Gasteiger partial charge is 0.166 e. The van der Waals surface area contributed by atoms with Crippen LogP contribution in [0.5, 0.6) is 11.5 Å². The summed E-state index contributed by atoms with van der Waals surface area (Å²) in [5, 5.41) is 3.46. The van der Waals surface area contributed by atoms with Crippen LogP contribution in [-0.4, -0.2) is 45.3 Å². The summed E-state index contributed by atoms with van der Waals surface area (Å²) in [6.07, 6.45) is 0. The second kappa shape index (κ2) is 9.21. The number of hydrogen-bond donors (Lipinski definition) is 1. The van der Waals surface area contributed by atoms with Crippen molar-refractivity contribution in [1.82, 2.24) is 10.2 Å². The molecule has 0 aromatic heterocycles. The standard InChI is InChI=1S/C15H25BrN2O2/c1-5-18(6-2)10-9-17-11-12-13(16)7-8-14(19-3)15(12)20-4/h7-8,17H,5-6,9-11H2,1-4H3. The summed E-state index contributed by atoms with van der Waals surface area (Å²) in [6, 6.07) is 3.89. The van der Waals surface area contributed by atoms with Gasteiger partial charge in [0.25, 0.3) is 0 Å². The molecule has 1 aromatic carbocycles. The summed E-state index contributed by atoms with van der Waals surface area (Å²) < 4.78 is 11.8. The largest absolute Gasteiger partial charge is 0.493 e. The van der Waals surface area contributed by atoms with Gasteiger partial charge in [-0.2, -0.15) is 0 Å². The molecule has 1 N–H and O–H groups in total. The molecule has 0 saturated carbocycles. The summed E-state index contributed by atoms with van der Waals surface area (Å²) in [5.74, 6) is 1.55. The Morgan fingerprint density at radius 2 is 1.85 bits per heavy atom. The number of hydrogen-bond acceptors (Lipinski definition) is 4. The molecule has 4 nitrogen and oxygen atoms in total. The number of rotatable bonds is 9. The fourth-order valence-corrected chi connectivity index (χ4v) is 2.57. The molecule has 0 radical (unpaired) electrons. The first kappa shape index (κ1) is 17.3. The number of ether oxygens (including phenoxy) is 2. The van der Waals surface area contributed by atoms with E-state index in [1.165, 1.54) is 0 Å². The van der Waals surface area contributed by atoms with E-state index in [2.05, 4.69) is 40.0 Å². The number of methoxy groups -OCH3 is 2. The second-order valence-electron chi connectivity index (χ2n) is 4.47. The van der Waals surface area contributed by atoms with Gasteiger partial charge in [0.1, 0.15) is 0 Å². The molecule has 0 spiro atoms. The first-order chi connectivity index (χ1) is 9.67. The first-order valence-corrected chi connectivity index (χ1v) is 7.79. The van der Waals surface area contributed by atoms with Crippen molar-refractivity contribution in [2.45, 2.75) is 20.4 Å². The average Bonchev–Trinajstić information content (AvgIpc) is 2.48. The molecule has 0 amide bonds. The molecule has 0 atom stereocenters. The molecular formula is C15H25BrN2O2. The molecular weight excluding hydrogens is 320 g/mol. The normalized spacial score (nSPS) is 10.9. The van der Waals surface area contributed by atoms with Gasteiger partial charge in [-0.1, -0.05) is 29.8 Å². The predicted molar refractivity (Wildman–Crippen MR) is 86.7 cm³/mol. The van der Waals surface area contributed by atoms with Crippen LogP contribution in [0.15, 0.2) is 16.6 Å². The highest BCUT2D eigenvalue weighted by Crippen LogP contribution is 2.35. The number of benzene rings is 1. The minimum Gasteiger partial charge on any atom is -0.493 e. The summed E-state index contributed by atoms with van der Waals surface area (Å²) >= 11 is 3.57. The van der Waals surface area contributed by atoms with Crippen molar-refractivity contribution < 1.29 is 9.47 Å². The van der Waals surface area contributed by atoms with Crippen molar-refractivity contribution in [3.63, 3.8) is 0 Å². The Morgan fingerprint density at radius 1 is 1.15 bits per heavy atom. The summed E-state index contributed by atoms with van der Waals surface area (Å²) in [6.45, 7) is 9.30. The Hall–Kier alpha value is -0.780. The van der Waals surface area contributed by atoms with Gasteiger partial charge in [0, 0.05) is 29.7 Å². The SMILES string of the molecule is CCN(CC)CCNCc1c(Br)ccc(OC)c1OC. The van der Waals surface area contributed by atoms with Gasteiger partial charge in [-0.25, -0.2) is 0 Å². The van der Waals surface area contributed by atoms with Gasteiger partial charge in [0.05, 0.1) is 14.2 Å². The van der Waals surface area contributed by atoms with E-state index in [1.807, 2.05) is 12.1 Å². The molecule has 0 saturated heterocycles. The zero-order valence-electron chi connectivity index (χ0n) is 12.8. The molecule has 1 rings (SSSR count). The highest BCUT2D eigenvalue weighted by Gasteiger charge is 2.13. The maximum Gasteiger partial charge on any atom is 0.166 e. The van der Waals surface area contributed by atoms with Crippen molar-refractivity contribution >= 4 is 15.9 Å². The Balaban J connectivity index is 2.63. The lowest BCUT2D eigenvalue weighted by Gasteiger charge is -2.19. The molecule has 0 fully saturated rings. The molecule has 114 valence electrons. The van der Waals surface area contributed by atoms with Crippen molar-refractivity contribution in [2.24, 2.45) is 0 Å². The Kier molecular flexibility index (Phi) is 7.95. The maximum absolute atomic E-state index is 5.46. The fourth-order valence-electron chi connectivity index (χ4n) is 2.12. The zero-order valence-corrected chi connectivity index (χ0v) is 14.4. The quantitative estimate of drug-likeness (QED) is 0.698. The summed E-state index contributed by atoms with van der Waals surface area (Å²) in [4.78, 5) is 2.39. The molecule has 20 heavy (non-hydrogen) atoms. The second-order valence-corrected chi connectivity index (χ2v) is 5.32. The van der Waals surface area contributed by atoms with Crippen LogP contribution in [0.25, 0.3) is 0 Å². The van der Waals surface area contributed by atoms with E-state index < -0.39 is 0 Å². The Bertz CT molecular complexity index is 409. The molecule has 0 heterocycles. The number of halogens is 1. The van der Waals surface area contributed by atoms with Gasteiger partial charge in [0.15, 0.2) is 11.5 Å². The fraction of sp³-hybridized carbons (Fsp3) is 0.600. The van der Waals surface area contributed by atoms with Crippen LogP contribution in [0.1, 0.15) is 19.4 Å². The number of likely N-dealkylation sites (N-methyl/N-ethyl adjacent to an activating group) is 1. The average molecular weight is 345 g/mol. The predicted octanol–water partition coefficient (Wildman–Crippen LogP) is 2.90. The van der Waals surface area contributed by atoms with E-state index in [1.54, 1.807) is 14.2 Å². The summed E-state index contributed by atoms with van der Waals surface area (Å²) in [5.41, 5.74) is 1.09. The van der Waals surface area contributed by atoms with Crippen LogP contribution in [0.4, 0.5) is 0 Å². The molecule has 0 aliphatic heterocycles. The molecule has 0 unspecified atom stereocenters. The Morgan fingerprint density at radius 3 is 2.40 bits per heavy atom. The molecule has 1 aromatic rings. The van der Waals surface area contributed by atoms with E-state index >= 15 is 0 Å². The van der Waals surface area contributed by atoms with Crippen LogP contribution >= 0.6 is 15.9 Å². The lowest BCUT2D eigenvalue weighted by atomic mass is 10.2. The molecule has 0 bridgehead atoms. The van der Waals surface area contributed by atoms with Gasteiger partial charge in [-0.15, -0.1) is 0 Å². The Labute approximate surface area is 130 Å². The van der Waals surface area contributed by atoms with Crippen LogP contribution in [0.3, 0.4) is 0 Å². The van der Waals surface area contributed by atoms with Crippen LogP contribution in [-0.2, 0) is 6.54 Å². The van der Waals surface area contributed by atoms with Crippen LogP contribution in [0.2, 0.25) is 0 Å². The summed E-state index contributed by atoms with van der Waals surface area (Å²) in [7, 11) is 3.33.